The Bertz CT molecular complexity index is 870. The molecular formula is C18H24FN5O2. The molecular weight excluding hydrogens is 337 g/mol. The number of anilines is 2. The fourth-order valence-corrected chi connectivity index (χ4v) is 3.00. The van der Waals surface area contributed by atoms with Gasteiger partial charge in [-0.3, -0.25) is 9.59 Å². The number of halogens is 1. The van der Waals surface area contributed by atoms with E-state index in [1.54, 1.807) is 28.6 Å². The third-order valence-electron chi connectivity index (χ3n) is 5.06. The number of primary amides is 1. The van der Waals surface area contributed by atoms with E-state index < -0.39 is 17.6 Å². The molecule has 26 heavy (non-hydrogen) atoms. The van der Waals surface area contributed by atoms with Gasteiger partial charge in [-0.2, -0.15) is 5.10 Å². The number of nitrogens with one attached hydrogen (secondary N) is 1. The van der Waals surface area contributed by atoms with Crippen molar-refractivity contribution in [2.75, 3.05) is 16.8 Å². The number of amides is 2. The average molecular weight is 361 g/mol. The molecule has 0 saturated carbocycles. The highest BCUT2D eigenvalue weighted by atomic mass is 19.1. The van der Waals surface area contributed by atoms with Gasteiger partial charge in [0.1, 0.15) is 5.67 Å². The molecule has 0 bridgehead atoms. The predicted octanol–water partition coefficient (Wildman–Crippen LogP) is 2.35. The van der Waals surface area contributed by atoms with Gasteiger partial charge in [-0.05, 0) is 33.3 Å². The zero-order valence-electron chi connectivity index (χ0n) is 15.4. The van der Waals surface area contributed by atoms with Gasteiger partial charge in [-0.15, -0.1) is 0 Å². The first-order chi connectivity index (χ1) is 12.1. The number of rotatable bonds is 5. The summed E-state index contributed by atoms with van der Waals surface area (Å²) in [4.78, 5) is 25.8. The molecule has 3 rings (SSSR count). The molecule has 7 nitrogen and oxygen atoms in total. The predicted molar refractivity (Wildman–Crippen MR) is 98.1 cm³/mol. The molecule has 2 amide bonds. The van der Waals surface area contributed by atoms with Crippen molar-refractivity contribution >= 4 is 28.7 Å². The molecule has 1 aliphatic rings. The maximum absolute atomic E-state index is 14.3. The number of carbonyl (C=O) groups is 2. The lowest BCUT2D eigenvalue weighted by atomic mass is 10.0. The van der Waals surface area contributed by atoms with Crippen LogP contribution in [-0.4, -0.2) is 39.7 Å². The van der Waals surface area contributed by atoms with E-state index in [0.717, 1.165) is 6.42 Å². The van der Waals surface area contributed by atoms with Crippen molar-refractivity contribution in [3.8, 4) is 0 Å². The minimum Gasteiger partial charge on any atom is -0.377 e. The van der Waals surface area contributed by atoms with Crippen molar-refractivity contribution in [1.82, 2.24) is 9.61 Å². The fourth-order valence-electron chi connectivity index (χ4n) is 3.00. The summed E-state index contributed by atoms with van der Waals surface area (Å²) in [7, 11) is 0. The summed E-state index contributed by atoms with van der Waals surface area (Å²) in [5, 5.41) is 7.27. The van der Waals surface area contributed by atoms with Crippen molar-refractivity contribution in [3.63, 3.8) is 0 Å². The van der Waals surface area contributed by atoms with Crippen LogP contribution in [0.4, 0.5) is 15.8 Å². The molecule has 3 heterocycles. The van der Waals surface area contributed by atoms with Gasteiger partial charge in [0.15, 0.2) is 0 Å². The van der Waals surface area contributed by atoms with Gasteiger partial charge < -0.3 is 16.0 Å². The molecule has 0 aromatic carbocycles. The molecule has 0 radical (unpaired) electrons. The highest BCUT2D eigenvalue weighted by molar-refractivity contribution is 6.03. The Kier molecular flexibility index (Phi) is 4.37. The molecule has 1 fully saturated rings. The first kappa shape index (κ1) is 18.2. The molecule has 0 aliphatic carbocycles. The number of fused-ring (bicyclic) bond motifs is 1. The number of hydrogen-bond donors (Lipinski definition) is 2. The average Bonchev–Trinajstić information content (AvgIpc) is 3.10. The third kappa shape index (κ3) is 3.11. The van der Waals surface area contributed by atoms with Crippen molar-refractivity contribution in [2.24, 2.45) is 11.7 Å². The maximum Gasteiger partial charge on any atom is 0.252 e. The molecule has 140 valence electrons. The van der Waals surface area contributed by atoms with Gasteiger partial charge in [-0.25, -0.2) is 8.91 Å². The molecule has 2 aromatic rings. The maximum atomic E-state index is 14.3. The lowest BCUT2D eigenvalue weighted by molar-refractivity contribution is -0.119. The quantitative estimate of drug-likeness (QED) is 0.855. The van der Waals surface area contributed by atoms with Crippen LogP contribution in [0.2, 0.25) is 0 Å². The van der Waals surface area contributed by atoms with Gasteiger partial charge in [0, 0.05) is 12.5 Å². The Balaban J connectivity index is 2.09. The van der Waals surface area contributed by atoms with Crippen LogP contribution in [-0.2, 0) is 4.79 Å². The third-order valence-corrected chi connectivity index (χ3v) is 5.06. The van der Waals surface area contributed by atoms with Crippen LogP contribution in [0.15, 0.2) is 18.5 Å². The van der Waals surface area contributed by atoms with Crippen LogP contribution < -0.4 is 16.0 Å². The van der Waals surface area contributed by atoms with Gasteiger partial charge in [0.2, 0.25) is 5.91 Å². The lowest BCUT2D eigenvalue weighted by Crippen LogP contribution is -2.36. The normalized spacial score (nSPS) is 19.2. The number of nitrogens with zero attached hydrogens (tertiary/aromatic N) is 3. The van der Waals surface area contributed by atoms with Gasteiger partial charge in [0.05, 0.1) is 40.9 Å². The summed E-state index contributed by atoms with van der Waals surface area (Å²) in [5.41, 5.74) is 5.82. The summed E-state index contributed by atoms with van der Waals surface area (Å²) >= 11 is 0. The Labute approximate surface area is 151 Å². The van der Waals surface area contributed by atoms with E-state index in [-0.39, 0.29) is 17.4 Å². The molecule has 2 aromatic heterocycles. The smallest absolute Gasteiger partial charge is 0.252 e. The molecule has 1 saturated heterocycles. The highest BCUT2D eigenvalue weighted by Crippen LogP contribution is 2.32. The summed E-state index contributed by atoms with van der Waals surface area (Å²) in [6.07, 6.45) is 3.88. The number of nitrogens with two attached hydrogens (primary N) is 1. The topological polar surface area (TPSA) is 92.7 Å². The van der Waals surface area contributed by atoms with Gasteiger partial charge in [0.25, 0.3) is 5.91 Å². The Morgan fingerprint density at radius 3 is 2.73 bits per heavy atom. The highest BCUT2D eigenvalue weighted by Gasteiger charge is 2.31. The van der Waals surface area contributed by atoms with Crippen LogP contribution in [0.5, 0.6) is 0 Å². The fraction of sp³-hybridized carbons (Fsp3) is 0.500. The minimum absolute atomic E-state index is 0.0166. The van der Waals surface area contributed by atoms with E-state index in [0.29, 0.717) is 23.4 Å². The first-order valence-electron chi connectivity index (χ1n) is 8.67. The van der Waals surface area contributed by atoms with E-state index >= 15 is 0 Å². The van der Waals surface area contributed by atoms with Crippen molar-refractivity contribution in [3.05, 3.63) is 24.0 Å². The zero-order chi connectivity index (χ0) is 19.2. The van der Waals surface area contributed by atoms with E-state index in [2.05, 4.69) is 10.4 Å². The number of hydrogen-bond acceptors (Lipinski definition) is 4. The molecule has 0 spiro atoms. The van der Waals surface area contributed by atoms with Crippen molar-refractivity contribution in [2.45, 2.75) is 45.8 Å². The molecule has 2 atom stereocenters. The van der Waals surface area contributed by atoms with E-state index in [1.807, 2.05) is 6.92 Å². The SMILES string of the molecule is CC1CCN(c2cc3c(N[C@H](C)C(C)(C)F)c(C(N)=O)cnn3c2)C1=O. The Morgan fingerprint density at radius 1 is 1.50 bits per heavy atom. The van der Waals surface area contributed by atoms with Crippen LogP contribution in [0.25, 0.3) is 5.52 Å². The minimum atomic E-state index is -1.51. The monoisotopic (exact) mass is 361 g/mol. The largest absolute Gasteiger partial charge is 0.377 e. The van der Waals surface area contributed by atoms with E-state index in [4.69, 9.17) is 5.73 Å². The zero-order valence-corrected chi connectivity index (χ0v) is 15.4. The second kappa shape index (κ2) is 6.26. The first-order valence-corrected chi connectivity index (χ1v) is 8.67. The van der Waals surface area contributed by atoms with Gasteiger partial charge in [-0.1, -0.05) is 6.92 Å². The van der Waals surface area contributed by atoms with Crippen LogP contribution >= 0.6 is 0 Å². The Morgan fingerprint density at radius 2 is 2.19 bits per heavy atom. The standard InChI is InChI=1S/C18H24FN5O2/c1-10-5-6-23(17(10)26)12-7-14-15(22-11(2)18(3,4)19)13(16(20)25)8-21-24(14)9-12/h7-11,22H,5-6H2,1-4H3,(H2,20,25)/t10?,11-/m1/s1. The van der Waals surface area contributed by atoms with Crippen LogP contribution in [0, 0.1) is 5.92 Å². The van der Waals surface area contributed by atoms with Crippen molar-refractivity contribution < 1.29 is 14.0 Å². The summed E-state index contributed by atoms with van der Waals surface area (Å²) < 4.78 is 15.9. The van der Waals surface area contributed by atoms with Crippen LogP contribution in [0.1, 0.15) is 44.5 Å². The summed E-state index contributed by atoms with van der Waals surface area (Å²) in [5.74, 6) is -0.610. The number of alkyl halides is 1. The second-order valence-electron chi connectivity index (χ2n) is 7.44. The van der Waals surface area contributed by atoms with E-state index in [9.17, 15) is 14.0 Å². The molecule has 1 unspecified atom stereocenters. The summed E-state index contributed by atoms with van der Waals surface area (Å²) in [6, 6.07) is 1.20. The van der Waals surface area contributed by atoms with E-state index in [1.165, 1.54) is 20.0 Å². The van der Waals surface area contributed by atoms with Gasteiger partial charge >= 0.3 is 0 Å². The van der Waals surface area contributed by atoms with Crippen molar-refractivity contribution in [1.29, 1.82) is 0 Å². The lowest BCUT2D eigenvalue weighted by Gasteiger charge is -2.26. The number of aromatic nitrogens is 2. The molecule has 1 aliphatic heterocycles. The second-order valence-corrected chi connectivity index (χ2v) is 7.44. The summed E-state index contributed by atoms with van der Waals surface area (Å²) in [6.45, 7) is 7.15. The Hall–Kier alpha value is -2.64. The number of carbonyl (C=O) groups excluding carboxylic acids is 2. The van der Waals surface area contributed by atoms with Crippen LogP contribution in [0.3, 0.4) is 0 Å². The molecule has 8 heteroatoms. The molecule has 3 N–H and O–H groups in total.